The summed E-state index contributed by atoms with van der Waals surface area (Å²) in [7, 11) is 0. The Hall–Kier alpha value is -0.240. The molecule has 94 valence electrons. The van der Waals surface area contributed by atoms with Crippen LogP contribution in [0.1, 0.15) is 37.7 Å². The van der Waals surface area contributed by atoms with Crippen molar-refractivity contribution in [1.82, 2.24) is 5.32 Å². The summed E-state index contributed by atoms with van der Waals surface area (Å²) in [5, 5.41) is 4.82. The topological polar surface area (TPSA) is 12.0 Å². The Morgan fingerprint density at radius 3 is 2.65 bits per heavy atom. The summed E-state index contributed by atoms with van der Waals surface area (Å²) >= 11 is 12.1. The third-order valence-corrected chi connectivity index (χ3v) is 4.36. The van der Waals surface area contributed by atoms with E-state index in [0.29, 0.717) is 10.0 Å². The van der Waals surface area contributed by atoms with Gasteiger partial charge in [-0.05, 0) is 36.9 Å². The Morgan fingerprint density at radius 1 is 1.12 bits per heavy atom. The van der Waals surface area contributed by atoms with Crippen LogP contribution in [0.3, 0.4) is 0 Å². The van der Waals surface area contributed by atoms with E-state index in [1.807, 2.05) is 18.2 Å². The minimum absolute atomic E-state index is 0.642. The summed E-state index contributed by atoms with van der Waals surface area (Å²) in [4.78, 5) is 0. The van der Waals surface area contributed by atoms with E-state index in [9.17, 15) is 0 Å². The molecule has 1 saturated carbocycles. The maximum atomic E-state index is 6.14. The molecule has 3 heteroatoms. The number of nitrogens with one attached hydrogen (secondary N) is 1. The third-order valence-electron chi connectivity index (χ3n) is 3.50. The summed E-state index contributed by atoms with van der Waals surface area (Å²) < 4.78 is 0. The fourth-order valence-electron chi connectivity index (χ4n) is 2.49. The molecule has 0 aromatic heterocycles. The third kappa shape index (κ3) is 3.87. The fraction of sp³-hybridized carbons (Fsp3) is 0.571. The Bertz CT molecular complexity index is 359. The van der Waals surface area contributed by atoms with Crippen molar-refractivity contribution < 1.29 is 0 Å². The zero-order valence-electron chi connectivity index (χ0n) is 10.0. The Balaban J connectivity index is 1.79. The average molecular weight is 272 g/mol. The molecule has 1 fully saturated rings. The van der Waals surface area contributed by atoms with E-state index in [2.05, 4.69) is 5.32 Å². The number of rotatable bonds is 4. The van der Waals surface area contributed by atoms with Gasteiger partial charge >= 0.3 is 0 Å². The summed E-state index contributed by atoms with van der Waals surface area (Å²) in [6, 6.07) is 5.81. The highest BCUT2D eigenvalue weighted by Crippen LogP contribution is 2.26. The van der Waals surface area contributed by atoms with Gasteiger partial charge in [0.05, 0.1) is 10.0 Å². The van der Waals surface area contributed by atoms with Crippen LogP contribution in [0.15, 0.2) is 18.2 Å². The standard InChI is InChI=1S/C14H19Cl2N/c15-13-8-4-7-12(14(13)16)10-17-9-11-5-2-1-3-6-11/h4,7-8,11,17H,1-3,5-6,9-10H2. The van der Waals surface area contributed by atoms with Gasteiger partial charge in [0.15, 0.2) is 0 Å². The van der Waals surface area contributed by atoms with E-state index < -0.39 is 0 Å². The fourth-order valence-corrected chi connectivity index (χ4v) is 2.87. The highest BCUT2D eigenvalue weighted by atomic mass is 35.5. The molecule has 0 radical (unpaired) electrons. The van der Waals surface area contributed by atoms with Gasteiger partial charge in [0.2, 0.25) is 0 Å². The van der Waals surface area contributed by atoms with E-state index >= 15 is 0 Å². The second-order valence-corrected chi connectivity index (χ2v) is 5.63. The maximum Gasteiger partial charge on any atom is 0.0637 e. The molecule has 1 N–H and O–H groups in total. The smallest absolute Gasteiger partial charge is 0.0637 e. The van der Waals surface area contributed by atoms with Crippen LogP contribution in [0.5, 0.6) is 0 Å². The molecule has 1 aromatic rings. The Morgan fingerprint density at radius 2 is 1.88 bits per heavy atom. The van der Waals surface area contributed by atoms with E-state index in [0.717, 1.165) is 24.6 Å². The molecule has 0 heterocycles. The number of hydrogen-bond acceptors (Lipinski definition) is 1. The second kappa shape index (κ2) is 6.63. The molecule has 2 rings (SSSR count). The largest absolute Gasteiger partial charge is 0.312 e. The number of halogens is 2. The van der Waals surface area contributed by atoms with Crippen molar-refractivity contribution >= 4 is 23.2 Å². The summed E-state index contributed by atoms with van der Waals surface area (Å²) in [5.74, 6) is 0.849. The number of hydrogen-bond donors (Lipinski definition) is 1. The lowest BCUT2D eigenvalue weighted by molar-refractivity contribution is 0.342. The van der Waals surface area contributed by atoms with Crippen LogP contribution in [0.25, 0.3) is 0 Å². The van der Waals surface area contributed by atoms with Gasteiger partial charge in [-0.15, -0.1) is 0 Å². The highest BCUT2D eigenvalue weighted by molar-refractivity contribution is 6.42. The lowest BCUT2D eigenvalue weighted by atomic mass is 9.89. The Labute approximate surface area is 114 Å². The zero-order chi connectivity index (χ0) is 12.1. The van der Waals surface area contributed by atoms with Gasteiger partial charge in [-0.25, -0.2) is 0 Å². The van der Waals surface area contributed by atoms with E-state index in [-0.39, 0.29) is 0 Å². The highest BCUT2D eigenvalue weighted by Gasteiger charge is 2.13. The molecule has 0 saturated heterocycles. The van der Waals surface area contributed by atoms with E-state index in [1.165, 1.54) is 32.1 Å². The summed E-state index contributed by atoms with van der Waals surface area (Å²) in [5.41, 5.74) is 1.09. The first-order chi connectivity index (χ1) is 8.27. The van der Waals surface area contributed by atoms with Crippen molar-refractivity contribution in [2.75, 3.05) is 6.54 Å². The van der Waals surface area contributed by atoms with Crippen LogP contribution in [0.4, 0.5) is 0 Å². The summed E-state index contributed by atoms with van der Waals surface area (Å²) in [6.45, 7) is 1.92. The SMILES string of the molecule is Clc1cccc(CNCC2CCCCC2)c1Cl. The van der Waals surface area contributed by atoms with Crippen LogP contribution in [0, 0.1) is 5.92 Å². The molecule has 0 atom stereocenters. The first-order valence-corrected chi connectivity index (χ1v) is 7.16. The molecule has 1 aromatic carbocycles. The van der Waals surface area contributed by atoms with Gasteiger partial charge in [0.25, 0.3) is 0 Å². The molecule has 17 heavy (non-hydrogen) atoms. The van der Waals surface area contributed by atoms with Crippen molar-refractivity contribution in [3.05, 3.63) is 33.8 Å². The predicted octanol–water partition coefficient (Wildman–Crippen LogP) is 4.66. The maximum absolute atomic E-state index is 6.14. The van der Waals surface area contributed by atoms with Gasteiger partial charge in [0, 0.05) is 6.54 Å². The Kier molecular flexibility index (Phi) is 5.15. The summed E-state index contributed by atoms with van der Waals surface area (Å²) in [6.07, 6.45) is 6.94. The van der Waals surface area contributed by atoms with Crippen LogP contribution in [0.2, 0.25) is 10.0 Å². The van der Waals surface area contributed by atoms with Gasteiger partial charge in [-0.3, -0.25) is 0 Å². The first-order valence-electron chi connectivity index (χ1n) is 6.41. The van der Waals surface area contributed by atoms with Crippen molar-refractivity contribution in [3.63, 3.8) is 0 Å². The van der Waals surface area contributed by atoms with Crippen molar-refractivity contribution in [2.45, 2.75) is 38.6 Å². The van der Waals surface area contributed by atoms with Crippen molar-refractivity contribution in [1.29, 1.82) is 0 Å². The van der Waals surface area contributed by atoms with Gasteiger partial charge < -0.3 is 5.32 Å². The molecule has 1 aliphatic carbocycles. The molecule has 1 nitrogen and oxygen atoms in total. The van der Waals surface area contributed by atoms with Crippen LogP contribution < -0.4 is 5.32 Å². The molecular weight excluding hydrogens is 253 g/mol. The quantitative estimate of drug-likeness (QED) is 0.840. The molecule has 0 unspecified atom stereocenters. The molecule has 1 aliphatic rings. The van der Waals surface area contributed by atoms with Crippen LogP contribution >= 0.6 is 23.2 Å². The monoisotopic (exact) mass is 271 g/mol. The number of benzene rings is 1. The van der Waals surface area contributed by atoms with E-state index in [4.69, 9.17) is 23.2 Å². The normalized spacial score (nSPS) is 17.3. The molecule has 0 spiro atoms. The lowest BCUT2D eigenvalue weighted by Gasteiger charge is -2.22. The lowest BCUT2D eigenvalue weighted by Crippen LogP contribution is -2.24. The van der Waals surface area contributed by atoms with Crippen molar-refractivity contribution in [2.24, 2.45) is 5.92 Å². The average Bonchev–Trinajstić information content (AvgIpc) is 2.36. The first kappa shape index (κ1) is 13.2. The predicted molar refractivity (Wildman–Crippen MR) is 74.7 cm³/mol. The van der Waals surface area contributed by atoms with Crippen LogP contribution in [-0.4, -0.2) is 6.54 Å². The minimum Gasteiger partial charge on any atom is -0.312 e. The second-order valence-electron chi connectivity index (χ2n) is 4.85. The van der Waals surface area contributed by atoms with Crippen LogP contribution in [-0.2, 0) is 6.54 Å². The molecule has 0 aliphatic heterocycles. The van der Waals surface area contributed by atoms with Gasteiger partial charge in [-0.1, -0.05) is 54.6 Å². The van der Waals surface area contributed by atoms with Crippen molar-refractivity contribution in [3.8, 4) is 0 Å². The van der Waals surface area contributed by atoms with E-state index in [1.54, 1.807) is 0 Å². The van der Waals surface area contributed by atoms with Gasteiger partial charge in [-0.2, -0.15) is 0 Å². The van der Waals surface area contributed by atoms with Gasteiger partial charge in [0.1, 0.15) is 0 Å². The zero-order valence-corrected chi connectivity index (χ0v) is 11.5. The minimum atomic E-state index is 0.642. The molecule has 0 bridgehead atoms. The molecular formula is C14H19Cl2N. The molecule has 0 amide bonds.